The zero-order chi connectivity index (χ0) is 12.1. The van der Waals surface area contributed by atoms with E-state index in [1.165, 1.54) is 0 Å². The highest BCUT2D eigenvalue weighted by Gasteiger charge is 2.12. The van der Waals surface area contributed by atoms with Gasteiger partial charge in [-0.05, 0) is 25.0 Å². The van der Waals surface area contributed by atoms with Crippen molar-refractivity contribution in [3.05, 3.63) is 18.2 Å². The summed E-state index contributed by atoms with van der Waals surface area (Å²) in [6.07, 6.45) is 2.28. The van der Waals surface area contributed by atoms with Crippen LogP contribution in [0.4, 0.5) is 11.4 Å². The van der Waals surface area contributed by atoms with Crippen LogP contribution in [0.15, 0.2) is 18.2 Å². The standard InChI is InChI=1S/C13H22N2O/c1-5-10(6-2)15(3)11-7-8-12(14)13(9-11)16-4/h7-10H,5-6,14H2,1-4H3. The van der Waals surface area contributed by atoms with Crippen LogP contribution >= 0.6 is 0 Å². The Hall–Kier alpha value is -1.38. The minimum atomic E-state index is 0.563. The van der Waals surface area contributed by atoms with Gasteiger partial charge in [-0.1, -0.05) is 13.8 Å². The van der Waals surface area contributed by atoms with E-state index in [1.807, 2.05) is 18.2 Å². The molecule has 0 aromatic heterocycles. The highest BCUT2D eigenvalue weighted by molar-refractivity contribution is 5.62. The predicted molar refractivity (Wildman–Crippen MR) is 70.2 cm³/mol. The predicted octanol–water partition coefficient (Wildman–Crippen LogP) is 2.90. The van der Waals surface area contributed by atoms with Crippen molar-refractivity contribution in [3.8, 4) is 5.75 Å². The molecule has 2 N–H and O–H groups in total. The third kappa shape index (κ3) is 2.60. The highest BCUT2D eigenvalue weighted by atomic mass is 16.5. The Balaban J connectivity index is 2.95. The number of anilines is 2. The first-order chi connectivity index (χ1) is 7.63. The molecule has 1 aromatic rings. The van der Waals surface area contributed by atoms with E-state index in [-0.39, 0.29) is 0 Å². The van der Waals surface area contributed by atoms with Crippen LogP contribution in [0.25, 0.3) is 0 Å². The molecule has 0 amide bonds. The summed E-state index contributed by atoms with van der Waals surface area (Å²) in [6, 6.07) is 6.49. The van der Waals surface area contributed by atoms with Crippen molar-refractivity contribution in [2.24, 2.45) is 0 Å². The Labute approximate surface area is 98.2 Å². The number of ether oxygens (including phenoxy) is 1. The number of nitrogens with zero attached hydrogens (tertiary/aromatic N) is 1. The number of benzene rings is 1. The number of hydrogen-bond acceptors (Lipinski definition) is 3. The Kier molecular flexibility index (Phi) is 4.47. The lowest BCUT2D eigenvalue weighted by atomic mass is 10.1. The molecule has 0 aliphatic carbocycles. The Morgan fingerprint density at radius 2 is 1.94 bits per heavy atom. The SMILES string of the molecule is CCC(CC)N(C)c1ccc(N)c(OC)c1. The van der Waals surface area contributed by atoms with E-state index in [9.17, 15) is 0 Å². The van der Waals surface area contributed by atoms with Crippen LogP contribution in [0, 0.1) is 0 Å². The van der Waals surface area contributed by atoms with Crippen LogP contribution in [-0.2, 0) is 0 Å². The maximum atomic E-state index is 5.80. The van der Waals surface area contributed by atoms with Crippen LogP contribution in [0.3, 0.4) is 0 Å². The molecular formula is C13H22N2O. The first-order valence-electron chi connectivity index (χ1n) is 5.80. The number of nitrogen functional groups attached to an aromatic ring is 1. The second-order valence-electron chi connectivity index (χ2n) is 4.01. The van der Waals surface area contributed by atoms with E-state index in [4.69, 9.17) is 10.5 Å². The normalized spacial score (nSPS) is 10.6. The maximum absolute atomic E-state index is 5.80. The van der Waals surface area contributed by atoms with Gasteiger partial charge < -0.3 is 15.4 Å². The van der Waals surface area contributed by atoms with Gasteiger partial charge in [-0.25, -0.2) is 0 Å². The van der Waals surface area contributed by atoms with E-state index >= 15 is 0 Å². The Morgan fingerprint density at radius 3 is 2.44 bits per heavy atom. The lowest BCUT2D eigenvalue weighted by Gasteiger charge is -2.28. The fraction of sp³-hybridized carbons (Fsp3) is 0.538. The van der Waals surface area contributed by atoms with Crippen molar-refractivity contribution in [1.82, 2.24) is 0 Å². The minimum Gasteiger partial charge on any atom is -0.495 e. The first kappa shape index (κ1) is 12.7. The number of methoxy groups -OCH3 is 1. The molecule has 90 valence electrons. The summed E-state index contributed by atoms with van der Waals surface area (Å²) < 4.78 is 5.23. The molecular weight excluding hydrogens is 200 g/mol. The third-order valence-corrected chi connectivity index (χ3v) is 3.11. The Morgan fingerprint density at radius 1 is 1.31 bits per heavy atom. The van der Waals surface area contributed by atoms with Crippen molar-refractivity contribution >= 4 is 11.4 Å². The quantitative estimate of drug-likeness (QED) is 0.778. The van der Waals surface area contributed by atoms with E-state index in [0.717, 1.165) is 24.3 Å². The molecule has 1 aromatic carbocycles. The van der Waals surface area contributed by atoms with Crippen molar-refractivity contribution < 1.29 is 4.74 Å². The topological polar surface area (TPSA) is 38.5 Å². The van der Waals surface area contributed by atoms with Crippen LogP contribution in [0.2, 0.25) is 0 Å². The van der Waals surface area contributed by atoms with E-state index in [2.05, 4.69) is 25.8 Å². The fourth-order valence-corrected chi connectivity index (χ4v) is 1.97. The van der Waals surface area contributed by atoms with Gasteiger partial charge in [0.25, 0.3) is 0 Å². The lowest BCUT2D eigenvalue weighted by molar-refractivity contribution is 0.417. The van der Waals surface area contributed by atoms with Gasteiger partial charge in [0.05, 0.1) is 12.8 Å². The molecule has 0 saturated heterocycles. The van der Waals surface area contributed by atoms with Gasteiger partial charge >= 0.3 is 0 Å². The van der Waals surface area contributed by atoms with Crippen LogP contribution < -0.4 is 15.4 Å². The molecule has 0 bridgehead atoms. The molecule has 0 spiro atoms. The van der Waals surface area contributed by atoms with Crippen molar-refractivity contribution in [2.75, 3.05) is 24.8 Å². The molecule has 3 heteroatoms. The molecule has 0 aliphatic rings. The number of nitrogens with two attached hydrogens (primary N) is 1. The lowest BCUT2D eigenvalue weighted by Crippen LogP contribution is -2.30. The zero-order valence-corrected chi connectivity index (χ0v) is 10.7. The van der Waals surface area contributed by atoms with Crippen LogP contribution in [0.1, 0.15) is 26.7 Å². The van der Waals surface area contributed by atoms with Crippen molar-refractivity contribution in [2.45, 2.75) is 32.7 Å². The maximum Gasteiger partial charge on any atom is 0.143 e. The second-order valence-corrected chi connectivity index (χ2v) is 4.01. The van der Waals surface area contributed by atoms with Gasteiger partial charge in [0.15, 0.2) is 0 Å². The fourth-order valence-electron chi connectivity index (χ4n) is 1.97. The van der Waals surface area contributed by atoms with Crippen LogP contribution in [0.5, 0.6) is 5.75 Å². The average molecular weight is 222 g/mol. The molecule has 0 aliphatic heterocycles. The van der Waals surface area contributed by atoms with Gasteiger partial charge in [-0.3, -0.25) is 0 Å². The molecule has 0 radical (unpaired) electrons. The third-order valence-electron chi connectivity index (χ3n) is 3.11. The number of hydrogen-bond donors (Lipinski definition) is 1. The summed E-state index contributed by atoms with van der Waals surface area (Å²) in [4.78, 5) is 2.28. The smallest absolute Gasteiger partial charge is 0.143 e. The van der Waals surface area contributed by atoms with Gasteiger partial charge in [0.2, 0.25) is 0 Å². The van der Waals surface area contributed by atoms with Gasteiger partial charge in [0, 0.05) is 24.8 Å². The van der Waals surface area contributed by atoms with E-state index in [1.54, 1.807) is 7.11 Å². The summed E-state index contributed by atoms with van der Waals surface area (Å²) in [5.41, 5.74) is 7.63. The zero-order valence-electron chi connectivity index (χ0n) is 10.7. The molecule has 16 heavy (non-hydrogen) atoms. The number of rotatable bonds is 5. The molecule has 1 rings (SSSR count). The monoisotopic (exact) mass is 222 g/mol. The molecule has 3 nitrogen and oxygen atoms in total. The van der Waals surface area contributed by atoms with Gasteiger partial charge in [0.1, 0.15) is 5.75 Å². The van der Waals surface area contributed by atoms with E-state index in [0.29, 0.717) is 11.7 Å². The average Bonchev–Trinajstić information content (AvgIpc) is 2.31. The second kappa shape index (κ2) is 5.64. The van der Waals surface area contributed by atoms with Gasteiger partial charge in [-0.2, -0.15) is 0 Å². The molecule has 0 heterocycles. The van der Waals surface area contributed by atoms with Crippen LogP contribution in [-0.4, -0.2) is 20.2 Å². The van der Waals surface area contributed by atoms with E-state index < -0.39 is 0 Å². The molecule has 0 atom stereocenters. The molecule has 0 fully saturated rings. The summed E-state index contributed by atoms with van der Waals surface area (Å²) in [5, 5.41) is 0. The summed E-state index contributed by atoms with van der Waals surface area (Å²) >= 11 is 0. The van der Waals surface area contributed by atoms with Crippen molar-refractivity contribution in [1.29, 1.82) is 0 Å². The molecule has 0 saturated carbocycles. The Bertz CT molecular complexity index is 335. The van der Waals surface area contributed by atoms with Crippen molar-refractivity contribution in [3.63, 3.8) is 0 Å². The summed E-state index contributed by atoms with van der Waals surface area (Å²) in [7, 11) is 3.76. The summed E-state index contributed by atoms with van der Waals surface area (Å²) in [5.74, 6) is 0.746. The molecule has 0 unspecified atom stereocenters. The first-order valence-corrected chi connectivity index (χ1v) is 5.80. The highest BCUT2D eigenvalue weighted by Crippen LogP contribution is 2.28. The largest absolute Gasteiger partial charge is 0.495 e. The van der Waals surface area contributed by atoms with Gasteiger partial charge in [-0.15, -0.1) is 0 Å². The summed E-state index contributed by atoms with van der Waals surface area (Å²) in [6.45, 7) is 4.42. The minimum absolute atomic E-state index is 0.563.